The van der Waals surface area contributed by atoms with Gasteiger partial charge >= 0.3 is 6.03 Å². The number of nitrogens with two attached hydrogens (primary N) is 1. The number of anilines is 2. The SMILES string of the molecule is CCCNc1ncnc(NCCNC(N)=O)c1OC. The van der Waals surface area contributed by atoms with Crippen molar-refractivity contribution in [1.29, 1.82) is 0 Å². The molecule has 106 valence electrons. The van der Waals surface area contributed by atoms with Gasteiger partial charge in [0.05, 0.1) is 7.11 Å². The number of hydrogen-bond donors (Lipinski definition) is 4. The van der Waals surface area contributed by atoms with Gasteiger partial charge in [-0.3, -0.25) is 0 Å². The fourth-order valence-electron chi connectivity index (χ4n) is 1.43. The van der Waals surface area contributed by atoms with Crippen LogP contribution in [0.15, 0.2) is 6.33 Å². The van der Waals surface area contributed by atoms with Crippen molar-refractivity contribution in [3.8, 4) is 5.75 Å². The van der Waals surface area contributed by atoms with Gasteiger partial charge in [-0.25, -0.2) is 14.8 Å². The van der Waals surface area contributed by atoms with Crippen LogP contribution in [0.2, 0.25) is 0 Å². The lowest BCUT2D eigenvalue weighted by molar-refractivity contribution is 0.249. The third kappa shape index (κ3) is 4.86. The molecule has 0 saturated heterocycles. The van der Waals surface area contributed by atoms with Crippen LogP contribution < -0.4 is 26.4 Å². The van der Waals surface area contributed by atoms with Crippen molar-refractivity contribution in [1.82, 2.24) is 15.3 Å². The molecule has 8 nitrogen and oxygen atoms in total. The minimum absolute atomic E-state index is 0.403. The fraction of sp³-hybridized carbons (Fsp3) is 0.545. The highest BCUT2D eigenvalue weighted by Gasteiger charge is 2.10. The number of primary amides is 1. The molecule has 0 aliphatic rings. The molecule has 2 amide bonds. The molecule has 0 spiro atoms. The Bertz CT molecular complexity index is 412. The molecule has 5 N–H and O–H groups in total. The zero-order valence-electron chi connectivity index (χ0n) is 11.2. The molecule has 1 rings (SSSR count). The van der Waals surface area contributed by atoms with Gasteiger partial charge in [0.25, 0.3) is 0 Å². The Morgan fingerprint density at radius 1 is 1.26 bits per heavy atom. The fourth-order valence-corrected chi connectivity index (χ4v) is 1.43. The number of rotatable bonds is 8. The van der Waals surface area contributed by atoms with Crippen molar-refractivity contribution in [2.24, 2.45) is 5.73 Å². The Morgan fingerprint density at radius 2 is 1.89 bits per heavy atom. The first-order chi connectivity index (χ1) is 9.19. The molecule has 0 aliphatic heterocycles. The van der Waals surface area contributed by atoms with Gasteiger partial charge < -0.3 is 26.4 Å². The molecule has 0 radical (unpaired) electrons. The second-order valence-corrected chi connectivity index (χ2v) is 3.75. The average Bonchev–Trinajstić information content (AvgIpc) is 2.41. The number of methoxy groups -OCH3 is 1. The number of ether oxygens (including phenoxy) is 1. The van der Waals surface area contributed by atoms with Crippen molar-refractivity contribution in [2.45, 2.75) is 13.3 Å². The van der Waals surface area contributed by atoms with Gasteiger partial charge in [0.2, 0.25) is 5.75 Å². The van der Waals surface area contributed by atoms with Gasteiger partial charge in [-0.15, -0.1) is 0 Å². The smallest absolute Gasteiger partial charge is 0.312 e. The van der Waals surface area contributed by atoms with Crippen LogP contribution in [-0.2, 0) is 0 Å². The van der Waals surface area contributed by atoms with Crippen LogP contribution in [0.4, 0.5) is 16.4 Å². The van der Waals surface area contributed by atoms with E-state index >= 15 is 0 Å². The van der Waals surface area contributed by atoms with Crippen LogP contribution in [0.25, 0.3) is 0 Å². The first-order valence-corrected chi connectivity index (χ1v) is 6.09. The maximum atomic E-state index is 10.5. The molecule has 0 fully saturated rings. The summed E-state index contributed by atoms with van der Waals surface area (Å²) in [6.45, 7) is 3.76. The Balaban J connectivity index is 2.63. The molecule has 19 heavy (non-hydrogen) atoms. The highest BCUT2D eigenvalue weighted by atomic mass is 16.5. The lowest BCUT2D eigenvalue weighted by atomic mass is 10.4. The van der Waals surface area contributed by atoms with E-state index in [0.717, 1.165) is 13.0 Å². The molecule has 0 atom stereocenters. The third-order valence-electron chi connectivity index (χ3n) is 2.27. The van der Waals surface area contributed by atoms with Crippen molar-refractivity contribution in [3.05, 3.63) is 6.33 Å². The largest absolute Gasteiger partial charge is 0.490 e. The second kappa shape index (κ2) is 7.96. The summed E-state index contributed by atoms with van der Waals surface area (Å²) in [5.41, 5.74) is 4.97. The first-order valence-electron chi connectivity index (χ1n) is 6.09. The number of hydrogen-bond acceptors (Lipinski definition) is 6. The van der Waals surface area contributed by atoms with E-state index in [1.54, 1.807) is 7.11 Å². The zero-order valence-corrected chi connectivity index (χ0v) is 11.2. The van der Waals surface area contributed by atoms with E-state index in [0.29, 0.717) is 30.5 Å². The Morgan fingerprint density at radius 3 is 2.42 bits per heavy atom. The van der Waals surface area contributed by atoms with Crippen LogP contribution in [0, 0.1) is 0 Å². The molecule has 1 heterocycles. The van der Waals surface area contributed by atoms with Crippen LogP contribution in [-0.4, -0.2) is 42.7 Å². The normalized spacial score (nSPS) is 9.79. The van der Waals surface area contributed by atoms with Crippen molar-refractivity contribution in [3.63, 3.8) is 0 Å². The summed E-state index contributed by atoms with van der Waals surface area (Å²) in [6, 6.07) is -0.554. The highest BCUT2D eigenvalue weighted by Crippen LogP contribution is 2.28. The van der Waals surface area contributed by atoms with Gasteiger partial charge in [-0.05, 0) is 6.42 Å². The van der Waals surface area contributed by atoms with E-state index in [9.17, 15) is 4.79 Å². The molecule has 8 heteroatoms. The number of urea groups is 1. The van der Waals surface area contributed by atoms with Gasteiger partial charge in [-0.2, -0.15) is 0 Å². The van der Waals surface area contributed by atoms with Gasteiger partial charge in [-0.1, -0.05) is 6.92 Å². The van der Waals surface area contributed by atoms with E-state index in [1.165, 1.54) is 6.33 Å². The van der Waals surface area contributed by atoms with E-state index in [1.807, 2.05) is 0 Å². The van der Waals surface area contributed by atoms with Crippen LogP contribution in [0.1, 0.15) is 13.3 Å². The summed E-state index contributed by atoms with van der Waals surface area (Å²) in [4.78, 5) is 18.8. The summed E-state index contributed by atoms with van der Waals surface area (Å²) in [5, 5.41) is 8.69. The summed E-state index contributed by atoms with van der Waals surface area (Å²) in [6.07, 6.45) is 2.43. The molecule has 0 aromatic carbocycles. The monoisotopic (exact) mass is 268 g/mol. The van der Waals surface area contributed by atoms with E-state index in [2.05, 4.69) is 32.8 Å². The second-order valence-electron chi connectivity index (χ2n) is 3.75. The van der Waals surface area contributed by atoms with Crippen molar-refractivity contribution in [2.75, 3.05) is 37.4 Å². The molecular weight excluding hydrogens is 248 g/mol. The zero-order chi connectivity index (χ0) is 14.1. The standard InChI is InChI=1S/C11H20N6O2/c1-3-4-13-9-8(19-2)10(17-7-16-9)14-5-6-15-11(12)18/h7H,3-6H2,1-2H3,(H3,12,15,18)(H2,13,14,16,17). The van der Waals surface area contributed by atoms with Gasteiger partial charge in [0.1, 0.15) is 6.33 Å². The number of aromatic nitrogens is 2. The predicted molar refractivity (Wildman–Crippen MR) is 73.4 cm³/mol. The summed E-state index contributed by atoms with van der Waals surface area (Å²) < 4.78 is 5.29. The van der Waals surface area contributed by atoms with E-state index in [4.69, 9.17) is 10.5 Å². The molecule has 1 aromatic heterocycles. The number of nitrogens with one attached hydrogen (secondary N) is 3. The van der Waals surface area contributed by atoms with E-state index < -0.39 is 6.03 Å². The number of nitrogens with zero attached hydrogens (tertiary/aromatic N) is 2. The van der Waals surface area contributed by atoms with Crippen LogP contribution in [0.3, 0.4) is 0 Å². The molecule has 0 aliphatic carbocycles. The molecular formula is C11H20N6O2. The topological polar surface area (TPSA) is 114 Å². The summed E-state index contributed by atoms with van der Waals surface area (Å²) in [5.74, 6) is 1.77. The molecule has 0 saturated carbocycles. The van der Waals surface area contributed by atoms with Gasteiger partial charge in [0.15, 0.2) is 11.6 Å². The molecule has 0 unspecified atom stereocenters. The van der Waals surface area contributed by atoms with Crippen molar-refractivity contribution < 1.29 is 9.53 Å². The lowest BCUT2D eigenvalue weighted by Gasteiger charge is -2.13. The maximum absolute atomic E-state index is 10.5. The predicted octanol–water partition coefficient (Wildman–Crippen LogP) is 0.387. The van der Waals surface area contributed by atoms with E-state index in [-0.39, 0.29) is 0 Å². The average molecular weight is 268 g/mol. The number of amides is 2. The Kier molecular flexibility index (Phi) is 6.20. The molecule has 1 aromatic rings. The maximum Gasteiger partial charge on any atom is 0.312 e. The number of carbonyl (C=O) groups is 1. The molecule has 0 bridgehead atoms. The Labute approximate surface area is 112 Å². The summed E-state index contributed by atoms with van der Waals surface area (Å²) >= 11 is 0. The lowest BCUT2D eigenvalue weighted by Crippen LogP contribution is -2.33. The quantitative estimate of drug-likeness (QED) is 0.507. The van der Waals surface area contributed by atoms with Crippen LogP contribution >= 0.6 is 0 Å². The van der Waals surface area contributed by atoms with Gasteiger partial charge in [0, 0.05) is 19.6 Å². The van der Waals surface area contributed by atoms with Crippen LogP contribution in [0.5, 0.6) is 5.75 Å². The number of carbonyl (C=O) groups excluding carboxylic acids is 1. The Hall–Kier alpha value is -2.25. The first kappa shape index (κ1) is 14.8. The summed E-state index contributed by atoms with van der Waals surface area (Å²) in [7, 11) is 1.56. The minimum Gasteiger partial charge on any atom is -0.490 e. The highest BCUT2D eigenvalue weighted by molar-refractivity contribution is 5.71. The minimum atomic E-state index is -0.554. The third-order valence-corrected chi connectivity index (χ3v) is 2.27. The van der Waals surface area contributed by atoms with Crippen molar-refractivity contribution >= 4 is 17.7 Å².